The molecule has 0 amide bonds. The third kappa shape index (κ3) is 1.80. The molecular formula is C13H16N2. The highest BCUT2D eigenvalue weighted by Gasteiger charge is 2.12. The van der Waals surface area contributed by atoms with Crippen LogP contribution in [0, 0.1) is 13.8 Å². The van der Waals surface area contributed by atoms with E-state index in [0.717, 1.165) is 11.1 Å². The van der Waals surface area contributed by atoms with Gasteiger partial charge in [-0.3, -0.25) is 0 Å². The zero-order valence-electron chi connectivity index (χ0n) is 12.8. The van der Waals surface area contributed by atoms with Crippen molar-refractivity contribution in [1.82, 2.24) is 9.97 Å². The molecule has 2 aromatic rings. The number of imidazole rings is 1. The lowest BCUT2D eigenvalue weighted by Crippen LogP contribution is -2.00. The van der Waals surface area contributed by atoms with Crippen LogP contribution in [0.5, 0.6) is 0 Å². The van der Waals surface area contributed by atoms with Gasteiger partial charge in [0.15, 0.2) is 0 Å². The molecule has 78 valence electrons. The van der Waals surface area contributed by atoms with Crippen LogP contribution in [0.25, 0.3) is 0 Å². The molecule has 0 saturated heterocycles. The van der Waals surface area contributed by atoms with Gasteiger partial charge in [0.25, 0.3) is 0 Å². The number of aromatic nitrogens is 2. The van der Waals surface area contributed by atoms with E-state index in [1.54, 1.807) is 12.1 Å². The zero-order valence-corrected chi connectivity index (χ0v) is 8.83. The molecule has 0 unspecified atom stereocenters. The van der Waals surface area contributed by atoms with Crippen LogP contribution >= 0.6 is 0 Å². The van der Waals surface area contributed by atoms with Crippen LogP contribution < -0.4 is 0 Å². The number of H-pyrrole nitrogens is 1. The molecule has 2 nitrogen and oxygen atoms in total. The zero-order chi connectivity index (χ0) is 14.3. The molecule has 1 aromatic heterocycles. The highest BCUT2D eigenvalue weighted by atomic mass is 14.9. The van der Waals surface area contributed by atoms with Gasteiger partial charge in [-0.1, -0.05) is 25.1 Å². The van der Waals surface area contributed by atoms with Gasteiger partial charge in [-0.05, 0) is 30.5 Å². The van der Waals surface area contributed by atoms with Crippen molar-refractivity contribution in [2.75, 3.05) is 0 Å². The summed E-state index contributed by atoms with van der Waals surface area (Å²) in [6, 6.07) is 5.39. The van der Waals surface area contributed by atoms with E-state index in [1.165, 1.54) is 12.5 Å². The second kappa shape index (κ2) is 3.89. The van der Waals surface area contributed by atoms with Crippen molar-refractivity contribution in [1.29, 1.82) is 0 Å². The van der Waals surface area contributed by atoms with E-state index in [4.69, 9.17) is 5.48 Å². The fraction of sp³-hybridized carbons (Fsp3) is 0.308. The van der Waals surface area contributed by atoms with Gasteiger partial charge in [0.2, 0.25) is 0 Å². The summed E-state index contributed by atoms with van der Waals surface area (Å²) in [5.74, 6) is -1.83. The summed E-state index contributed by atoms with van der Waals surface area (Å²) in [6.45, 7) is 1.26. The van der Waals surface area contributed by atoms with Gasteiger partial charge in [-0.2, -0.15) is 0 Å². The minimum atomic E-state index is -2.49. The van der Waals surface area contributed by atoms with Crippen LogP contribution in [-0.4, -0.2) is 9.97 Å². The van der Waals surface area contributed by atoms with E-state index in [9.17, 15) is 0 Å². The molecular weight excluding hydrogens is 184 g/mol. The van der Waals surface area contributed by atoms with Gasteiger partial charge >= 0.3 is 0 Å². The lowest BCUT2D eigenvalue weighted by Gasteiger charge is -2.14. The highest BCUT2D eigenvalue weighted by molar-refractivity contribution is 5.38. The van der Waals surface area contributed by atoms with Crippen molar-refractivity contribution in [3.05, 3.63) is 53.1 Å². The Kier molecular flexibility index (Phi) is 1.58. The van der Waals surface area contributed by atoms with E-state index in [-0.39, 0.29) is 5.69 Å². The van der Waals surface area contributed by atoms with Gasteiger partial charge in [-0.25, -0.2) is 4.98 Å². The Hall–Kier alpha value is -1.57. The third-order valence-corrected chi connectivity index (χ3v) is 2.64. The van der Waals surface area contributed by atoms with E-state index in [1.807, 2.05) is 19.9 Å². The Morgan fingerprint density at radius 2 is 2.33 bits per heavy atom. The molecule has 2 rings (SSSR count). The van der Waals surface area contributed by atoms with Gasteiger partial charge in [-0.15, -0.1) is 0 Å². The maximum atomic E-state index is 8.57. The molecule has 1 N–H and O–H groups in total. The smallest absolute Gasteiger partial charge is 0.0921 e. The van der Waals surface area contributed by atoms with Crippen LogP contribution in [0.4, 0.5) is 0 Å². The number of nitrogens with one attached hydrogen (secondary N) is 1. The molecule has 1 aromatic carbocycles. The van der Waals surface area contributed by atoms with E-state index < -0.39 is 12.7 Å². The minimum Gasteiger partial charge on any atom is -0.348 e. The maximum Gasteiger partial charge on any atom is 0.0921 e. The van der Waals surface area contributed by atoms with Crippen molar-refractivity contribution in [3.63, 3.8) is 0 Å². The number of aryl methyl sites for hydroxylation is 1. The number of benzene rings is 1. The normalized spacial score (nSPS) is 19.6. The molecule has 15 heavy (non-hydrogen) atoms. The standard InChI is InChI=1S/C13H16N2/c1-9-5-4-6-12(10(9)2)11(3)13-7-14-8-15-13/h4-8,11H,1-3H3,(H,14,15)/t11-/m0/s1/i3D3,11D. The predicted octanol–water partition coefficient (Wildman–Crippen LogP) is 3.18. The average Bonchev–Trinajstić information content (AvgIpc) is 2.84. The monoisotopic (exact) mass is 204 g/mol. The Balaban J connectivity index is 2.73. The summed E-state index contributed by atoms with van der Waals surface area (Å²) < 4.78 is 31.9. The quantitative estimate of drug-likeness (QED) is 0.799. The Bertz CT molecular complexity index is 575. The molecule has 0 aliphatic carbocycles. The molecule has 0 aliphatic heterocycles. The van der Waals surface area contributed by atoms with Crippen LogP contribution in [0.3, 0.4) is 0 Å². The topological polar surface area (TPSA) is 28.7 Å². The van der Waals surface area contributed by atoms with Crippen LogP contribution in [0.1, 0.15) is 40.6 Å². The summed E-state index contributed by atoms with van der Waals surface area (Å²) >= 11 is 0. The fourth-order valence-electron chi connectivity index (χ4n) is 1.56. The molecule has 0 radical (unpaired) electrons. The van der Waals surface area contributed by atoms with Crippen molar-refractivity contribution in [2.45, 2.75) is 26.6 Å². The maximum absolute atomic E-state index is 8.57. The van der Waals surface area contributed by atoms with Crippen molar-refractivity contribution in [3.8, 4) is 0 Å². The van der Waals surface area contributed by atoms with Gasteiger partial charge in [0.1, 0.15) is 0 Å². The summed E-state index contributed by atoms with van der Waals surface area (Å²) in [7, 11) is 0. The van der Waals surface area contributed by atoms with Crippen molar-refractivity contribution in [2.24, 2.45) is 0 Å². The first kappa shape index (κ1) is 6.11. The Morgan fingerprint density at radius 1 is 1.47 bits per heavy atom. The van der Waals surface area contributed by atoms with Crippen LogP contribution in [0.2, 0.25) is 0 Å². The molecule has 0 fully saturated rings. The summed E-state index contributed by atoms with van der Waals surface area (Å²) in [4.78, 5) is 6.62. The molecule has 2 heteroatoms. The van der Waals surface area contributed by atoms with E-state index >= 15 is 0 Å². The lowest BCUT2D eigenvalue weighted by molar-refractivity contribution is 0.871. The second-order valence-corrected chi connectivity index (χ2v) is 3.59. The van der Waals surface area contributed by atoms with Crippen LogP contribution in [-0.2, 0) is 0 Å². The van der Waals surface area contributed by atoms with Gasteiger partial charge in [0.05, 0.1) is 6.33 Å². The third-order valence-electron chi connectivity index (χ3n) is 2.64. The number of aromatic amines is 1. The van der Waals surface area contributed by atoms with E-state index in [0.29, 0.717) is 5.56 Å². The second-order valence-electron chi connectivity index (χ2n) is 3.59. The summed E-state index contributed by atoms with van der Waals surface area (Å²) in [6.07, 6.45) is 2.80. The van der Waals surface area contributed by atoms with Gasteiger partial charge < -0.3 is 4.98 Å². The largest absolute Gasteiger partial charge is 0.348 e. The Labute approximate surface area is 96.0 Å². The number of nitrogens with zero attached hydrogens (tertiary/aromatic N) is 1. The highest BCUT2D eigenvalue weighted by Crippen LogP contribution is 2.26. The minimum absolute atomic E-state index is 0.279. The number of hydrogen-bond acceptors (Lipinski definition) is 1. The molecule has 0 saturated carbocycles. The first-order chi connectivity index (χ1) is 8.78. The molecule has 1 heterocycles. The first-order valence-corrected chi connectivity index (χ1v) is 4.84. The lowest BCUT2D eigenvalue weighted by atomic mass is 9.92. The van der Waals surface area contributed by atoms with Crippen LogP contribution in [0.15, 0.2) is 30.7 Å². The van der Waals surface area contributed by atoms with Crippen molar-refractivity contribution >= 4 is 0 Å². The first-order valence-electron chi connectivity index (χ1n) is 6.84. The number of rotatable bonds is 2. The SMILES string of the molecule is [2H]C([2H])([2H])[C@]([2H])(c1cnc[nH]1)c1cccc(C)c1C. The van der Waals surface area contributed by atoms with E-state index in [2.05, 4.69) is 9.97 Å². The molecule has 0 aliphatic rings. The number of hydrogen-bond donors (Lipinski definition) is 1. The molecule has 0 spiro atoms. The predicted molar refractivity (Wildman–Crippen MR) is 62.0 cm³/mol. The fourth-order valence-corrected chi connectivity index (χ4v) is 1.56. The average molecular weight is 204 g/mol. The Morgan fingerprint density at radius 3 is 3.00 bits per heavy atom. The molecule has 0 bridgehead atoms. The van der Waals surface area contributed by atoms with Crippen molar-refractivity contribution < 1.29 is 5.48 Å². The summed E-state index contributed by atoms with van der Waals surface area (Å²) in [5.41, 5.74) is 2.55. The van der Waals surface area contributed by atoms with Gasteiger partial charge in [0, 0.05) is 23.3 Å². The molecule has 1 atom stereocenters. The summed E-state index contributed by atoms with van der Waals surface area (Å²) in [5, 5.41) is 0.